The monoisotopic (exact) mass is 478 g/mol. The van der Waals surface area contributed by atoms with E-state index in [4.69, 9.17) is 11.6 Å². The highest BCUT2D eigenvalue weighted by molar-refractivity contribution is 6.30. The lowest BCUT2D eigenvalue weighted by atomic mass is 9.79. The first-order valence-corrected chi connectivity index (χ1v) is 11.1. The van der Waals surface area contributed by atoms with Gasteiger partial charge in [-0.3, -0.25) is 4.98 Å². The first kappa shape index (κ1) is 25.2. The molecule has 33 heavy (non-hydrogen) atoms. The summed E-state index contributed by atoms with van der Waals surface area (Å²) in [7, 11) is 0. The van der Waals surface area contributed by atoms with Crippen molar-refractivity contribution >= 4 is 11.6 Å². The Labute approximate surface area is 197 Å². The van der Waals surface area contributed by atoms with Gasteiger partial charge in [0.2, 0.25) is 0 Å². The maximum atomic E-state index is 14.5. The molecule has 0 spiro atoms. The fourth-order valence-corrected chi connectivity index (χ4v) is 3.89. The van der Waals surface area contributed by atoms with Crippen LogP contribution in [0.25, 0.3) is 0 Å². The Morgan fingerprint density at radius 1 is 0.909 bits per heavy atom. The van der Waals surface area contributed by atoms with Gasteiger partial charge in [0.15, 0.2) is 0 Å². The van der Waals surface area contributed by atoms with Crippen LogP contribution in [-0.2, 0) is 18.1 Å². The third-order valence-electron chi connectivity index (χ3n) is 5.50. The van der Waals surface area contributed by atoms with Crippen LogP contribution in [0.15, 0.2) is 66.9 Å². The summed E-state index contributed by atoms with van der Waals surface area (Å²) in [5, 5.41) is 3.86. The van der Waals surface area contributed by atoms with Crippen LogP contribution in [-0.4, -0.2) is 11.5 Å². The third-order valence-corrected chi connectivity index (χ3v) is 5.72. The average molecular weight is 479 g/mol. The minimum atomic E-state index is -4.69. The van der Waals surface area contributed by atoms with E-state index < -0.39 is 23.1 Å². The number of rotatable bonds is 7. The van der Waals surface area contributed by atoms with Crippen molar-refractivity contribution in [2.45, 2.75) is 45.3 Å². The molecule has 0 aliphatic carbocycles. The van der Waals surface area contributed by atoms with Crippen LogP contribution in [0.1, 0.15) is 49.6 Å². The normalized spacial score (nSPS) is 14.2. The summed E-state index contributed by atoms with van der Waals surface area (Å²) in [5.74, 6) is -0.955. The minimum absolute atomic E-state index is 0.0159. The van der Waals surface area contributed by atoms with E-state index in [1.807, 2.05) is 30.3 Å². The van der Waals surface area contributed by atoms with E-state index >= 15 is 0 Å². The zero-order valence-corrected chi connectivity index (χ0v) is 19.6. The second-order valence-electron chi connectivity index (χ2n) is 9.39. The van der Waals surface area contributed by atoms with Gasteiger partial charge in [0.25, 0.3) is 0 Å². The molecule has 1 unspecified atom stereocenters. The molecule has 0 amide bonds. The van der Waals surface area contributed by atoms with Gasteiger partial charge in [-0.25, -0.2) is 4.39 Å². The molecule has 0 saturated heterocycles. The number of aromatic nitrogens is 1. The van der Waals surface area contributed by atoms with Crippen molar-refractivity contribution in [3.05, 3.63) is 100 Å². The van der Waals surface area contributed by atoms with Gasteiger partial charge in [0, 0.05) is 12.6 Å². The Morgan fingerprint density at radius 3 is 2.15 bits per heavy atom. The summed E-state index contributed by atoms with van der Waals surface area (Å²) in [5.41, 5.74) is -0.778. The molecule has 2 aromatic carbocycles. The van der Waals surface area contributed by atoms with Crippen molar-refractivity contribution in [2.75, 3.05) is 6.54 Å². The maximum absolute atomic E-state index is 14.5. The largest absolute Gasteiger partial charge is 0.416 e. The summed E-state index contributed by atoms with van der Waals surface area (Å²) < 4.78 is 55.4. The molecule has 2 nitrogen and oxygen atoms in total. The van der Waals surface area contributed by atoms with E-state index in [-0.39, 0.29) is 17.4 Å². The fourth-order valence-electron chi connectivity index (χ4n) is 3.78. The Kier molecular flexibility index (Phi) is 7.49. The first-order chi connectivity index (χ1) is 15.4. The molecule has 7 heteroatoms. The van der Waals surface area contributed by atoms with Gasteiger partial charge in [-0.1, -0.05) is 62.7 Å². The molecule has 3 rings (SSSR count). The first-order valence-electron chi connectivity index (χ1n) is 10.7. The van der Waals surface area contributed by atoms with Gasteiger partial charge in [-0.2, -0.15) is 13.2 Å². The number of hydrogen-bond acceptors (Lipinski definition) is 2. The fraction of sp³-hybridized carbons (Fsp3) is 0.346. The van der Waals surface area contributed by atoms with Crippen LogP contribution < -0.4 is 5.32 Å². The van der Waals surface area contributed by atoms with E-state index in [2.05, 4.69) is 31.1 Å². The molecule has 3 aromatic rings. The predicted octanol–water partition coefficient (Wildman–Crippen LogP) is 7.41. The van der Waals surface area contributed by atoms with Crippen molar-refractivity contribution < 1.29 is 17.6 Å². The van der Waals surface area contributed by atoms with Gasteiger partial charge >= 0.3 is 6.18 Å². The molecule has 0 bridgehead atoms. The average Bonchev–Trinajstić information content (AvgIpc) is 2.72. The number of nitrogens with zero attached hydrogens (tertiary/aromatic N) is 1. The Balaban J connectivity index is 2.23. The molecule has 0 radical (unpaired) electrons. The summed E-state index contributed by atoms with van der Waals surface area (Å²) in [6.45, 7) is 6.73. The summed E-state index contributed by atoms with van der Waals surface area (Å²) >= 11 is 6.05. The third kappa shape index (κ3) is 6.55. The predicted molar refractivity (Wildman–Crippen MR) is 124 cm³/mol. The van der Waals surface area contributed by atoms with Gasteiger partial charge in [-0.15, -0.1) is 0 Å². The molecule has 176 valence electrons. The van der Waals surface area contributed by atoms with Crippen LogP contribution >= 0.6 is 11.6 Å². The van der Waals surface area contributed by atoms with E-state index in [1.54, 1.807) is 12.1 Å². The molecule has 1 aromatic heterocycles. The molecule has 1 atom stereocenters. The highest BCUT2D eigenvalue weighted by Crippen LogP contribution is 2.38. The Hall–Kier alpha value is -2.44. The van der Waals surface area contributed by atoms with Crippen LogP contribution in [0.2, 0.25) is 5.02 Å². The van der Waals surface area contributed by atoms with Gasteiger partial charge in [0.1, 0.15) is 5.82 Å². The highest BCUT2D eigenvalue weighted by Gasteiger charge is 2.39. The van der Waals surface area contributed by atoms with Crippen molar-refractivity contribution in [2.24, 2.45) is 5.41 Å². The molecule has 1 N–H and O–H groups in total. The lowest BCUT2D eigenvalue weighted by Crippen LogP contribution is -2.47. The lowest BCUT2D eigenvalue weighted by Gasteiger charge is -2.37. The molecule has 1 heterocycles. The number of pyridine rings is 1. The molecular weight excluding hydrogens is 452 g/mol. The van der Waals surface area contributed by atoms with Crippen molar-refractivity contribution in [1.29, 1.82) is 0 Å². The van der Waals surface area contributed by atoms with Gasteiger partial charge in [-0.05, 0) is 59.8 Å². The Morgan fingerprint density at radius 2 is 1.58 bits per heavy atom. The molecule has 0 fully saturated rings. The number of alkyl halides is 3. The highest BCUT2D eigenvalue weighted by atomic mass is 35.5. The zero-order chi connectivity index (χ0) is 24.3. The van der Waals surface area contributed by atoms with E-state index in [1.165, 1.54) is 6.20 Å². The van der Waals surface area contributed by atoms with Gasteiger partial charge < -0.3 is 5.32 Å². The molecular formula is C26H27ClF4N2. The van der Waals surface area contributed by atoms with Gasteiger partial charge in [0.05, 0.1) is 21.8 Å². The van der Waals surface area contributed by atoms with Crippen molar-refractivity contribution in [3.63, 3.8) is 0 Å². The lowest BCUT2D eigenvalue weighted by molar-refractivity contribution is -0.137. The second-order valence-corrected chi connectivity index (χ2v) is 9.83. The zero-order valence-electron chi connectivity index (χ0n) is 18.8. The number of benzene rings is 2. The van der Waals surface area contributed by atoms with Crippen LogP contribution in [0.3, 0.4) is 0 Å². The standard InChI is InChI=1S/C26H27ClF4N2/c1-24(2,3)11-12-33-25(16-18-7-5-4-6-8-18,23-10-9-21(27)17-32-23)19-13-20(26(29,30)31)15-22(28)14-19/h4-10,13-15,17,33H,11-12,16H2,1-3H3. The number of hydrogen-bond donors (Lipinski definition) is 1. The number of nitrogens with one attached hydrogen (secondary N) is 1. The molecule has 0 aliphatic heterocycles. The molecule has 0 saturated carbocycles. The smallest absolute Gasteiger partial charge is 0.302 e. The second kappa shape index (κ2) is 9.82. The number of halogens is 5. The summed E-state index contributed by atoms with van der Waals surface area (Å²) in [6, 6.07) is 15.3. The topological polar surface area (TPSA) is 24.9 Å². The van der Waals surface area contributed by atoms with E-state index in [0.717, 1.165) is 24.1 Å². The SMILES string of the molecule is CC(C)(C)CCNC(Cc1ccccc1)(c1cc(F)cc(C(F)(F)F)c1)c1ccc(Cl)cn1. The van der Waals surface area contributed by atoms with E-state index in [0.29, 0.717) is 23.3 Å². The quantitative estimate of drug-likeness (QED) is 0.358. The molecule has 0 aliphatic rings. The summed E-state index contributed by atoms with van der Waals surface area (Å²) in [4.78, 5) is 4.46. The van der Waals surface area contributed by atoms with Crippen molar-refractivity contribution in [1.82, 2.24) is 10.3 Å². The van der Waals surface area contributed by atoms with Crippen LogP contribution in [0, 0.1) is 11.2 Å². The van der Waals surface area contributed by atoms with Crippen molar-refractivity contribution in [3.8, 4) is 0 Å². The maximum Gasteiger partial charge on any atom is 0.416 e. The summed E-state index contributed by atoms with van der Waals surface area (Å²) in [6.07, 6.45) is -2.22. The minimum Gasteiger partial charge on any atom is -0.302 e. The van der Waals surface area contributed by atoms with Crippen LogP contribution in [0.5, 0.6) is 0 Å². The Bertz CT molecular complexity index is 1060. The van der Waals surface area contributed by atoms with E-state index in [9.17, 15) is 17.6 Å². The van der Waals surface area contributed by atoms with Crippen LogP contribution in [0.4, 0.5) is 17.6 Å².